The molecule has 0 heterocycles. The van der Waals surface area contributed by atoms with Crippen molar-refractivity contribution < 1.29 is 9.90 Å². The average Bonchev–Trinajstić information content (AvgIpc) is 1.97. The maximum absolute atomic E-state index is 10.5. The maximum Gasteiger partial charge on any atom is 0.320 e. The summed E-state index contributed by atoms with van der Waals surface area (Å²) in [5.74, 6) is 1.51. The van der Waals surface area contributed by atoms with E-state index in [-0.39, 0.29) is 0 Å². The van der Waals surface area contributed by atoms with Gasteiger partial charge in [-0.3, -0.25) is 10.1 Å². The van der Waals surface area contributed by atoms with Gasteiger partial charge in [-0.1, -0.05) is 19.3 Å². The van der Waals surface area contributed by atoms with Gasteiger partial charge in [-0.25, -0.2) is 0 Å². The predicted octanol–water partition coefficient (Wildman–Crippen LogP) is 0.463. The van der Waals surface area contributed by atoms with E-state index in [1.807, 2.05) is 6.92 Å². The summed E-state index contributed by atoms with van der Waals surface area (Å²) in [5, 5.41) is 11.3. The highest BCUT2D eigenvalue weighted by molar-refractivity contribution is 5.73. The Bertz CT molecular complexity index is 160. The average molecular weight is 155 g/mol. The van der Waals surface area contributed by atoms with Crippen molar-refractivity contribution in [3.63, 3.8) is 0 Å². The van der Waals surface area contributed by atoms with E-state index in [1.54, 1.807) is 0 Å². The molecule has 0 aliphatic heterocycles. The Balaban J connectivity index is 3.71. The van der Waals surface area contributed by atoms with Crippen LogP contribution in [0.4, 0.5) is 0 Å². The fraction of sp³-hybridized carbons (Fsp3) is 0.625. The molecule has 2 N–H and O–H groups in total. The van der Waals surface area contributed by atoms with Crippen molar-refractivity contribution >= 4 is 5.97 Å². The number of terminal acetylenes is 1. The van der Waals surface area contributed by atoms with Crippen LogP contribution in [0.15, 0.2) is 0 Å². The van der Waals surface area contributed by atoms with Crippen LogP contribution in [0.25, 0.3) is 0 Å². The van der Waals surface area contributed by atoms with E-state index in [9.17, 15) is 4.79 Å². The van der Waals surface area contributed by atoms with E-state index in [2.05, 4.69) is 11.2 Å². The Hall–Kier alpha value is -1.01. The number of aliphatic carboxylic acids is 1. The van der Waals surface area contributed by atoms with Crippen molar-refractivity contribution in [3.05, 3.63) is 0 Å². The molecule has 0 aliphatic rings. The molecule has 62 valence electrons. The second-order valence-corrected chi connectivity index (χ2v) is 2.26. The van der Waals surface area contributed by atoms with E-state index in [0.29, 0.717) is 13.0 Å². The maximum atomic E-state index is 10.5. The van der Waals surface area contributed by atoms with Crippen LogP contribution in [0.2, 0.25) is 0 Å². The number of carboxylic acids is 1. The van der Waals surface area contributed by atoms with Gasteiger partial charge in [0.1, 0.15) is 6.04 Å². The Morgan fingerprint density at radius 2 is 2.45 bits per heavy atom. The second kappa shape index (κ2) is 5.75. The van der Waals surface area contributed by atoms with Crippen molar-refractivity contribution in [2.75, 3.05) is 6.54 Å². The SMILES string of the molecule is C#CCNC(CCC)C(=O)O. The first kappa shape index (κ1) is 9.99. The Morgan fingerprint density at radius 3 is 2.82 bits per heavy atom. The number of carboxylic acid groups (broad SMARTS) is 1. The van der Waals surface area contributed by atoms with Gasteiger partial charge in [0.05, 0.1) is 6.54 Å². The molecule has 0 aromatic rings. The van der Waals surface area contributed by atoms with Gasteiger partial charge in [-0.2, -0.15) is 0 Å². The van der Waals surface area contributed by atoms with E-state index in [4.69, 9.17) is 11.5 Å². The molecule has 0 saturated carbocycles. The molecular formula is C8H13NO2. The predicted molar refractivity (Wildman–Crippen MR) is 43.2 cm³/mol. The van der Waals surface area contributed by atoms with Gasteiger partial charge in [0, 0.05) is 0 Å². The Labute approximate surface area is 66.8 Å². The van der Waals surface area contributed by atoms with Gasteiger partial charge in [-0.15, -0.1) is 6.42 Å². The molecule has 0 saturated heterocycles. The number of carbonyl (C=O) groups is 1. The number of hydrogen-bond acceptors (Lipinski definition) is 2. The van der Waals surface area contributed by atoms with Crippen LogP contribution >= 0.6 is 0 Å². The smallest absolute Gasteiger partial charge is 0.320 e. The molecule has 3 nitrogen and oxygen atoms in total. The van der Waals surface area contributed by atoms with Crippen molar-refractivity contribution in [1.29, 1.82) is 0 Å². The van der Waals surface area contributed by atoms with Crippen molar-refractivity contribution in [2.24, 2.45) is 0 Å². The van der Waals surface area contributed by atoms with Crippen LogP contribution in [-0.2, 0) is 4.79 Å². The third-order valence-electron chi connectivity index (χ3n) is 1.33. The summed E-state index contributed by atoms with van der Waals surface area (Å²) in [6.45, 7) is 2.25. The molecule has 0 radical (unpaired) electrons. The number of nitrogens with one attached hydrogen (secondary N) is 1. The molecule has 0 aliphatic carbocycles. The lowest BCUT2D eigenvalue weighted by Gasteiger charge is -2.10. The molecular weight excluding hydrogens is 142 g/mol. The molecule has 0 spiro atoms. The van der Waals surface area contributed by atoms with E-state index in [1.165, 1.54) is 0 Å². The van der Waals surface area contributed by atoms with Crippen LogP contribution in [-0.4, -0.2) is 23.7 Å². The van der Waals surface area contributed by atoms with E-state index in [0.717, 1.165) is 6.42 Å². The van der Waals surface area contributed by atoms with Crippen molar-refractivity contribution in [3.8, 4) is 12.3 Å². The Morgan fingerprint density at radius 1 is 1.82 bits per heavy atom. The van der Waals surface area contributed by atoms with Crippen LogP contribution < -0.4 is 5.32 Å². The largest absolute Gasteiger partial charge is 0.480 e. The second-order valence-electron chi connectivity index (χ2n) is 2.26. The summed E-state index contributed by atoms with van der Waals surface area (Å²) < 4.78 is 0. The number of hydrogen-bond donors (Lipinski definition) is 2. The summed E-state index contributed by atoms with van der Waals surface area (Å²) in [6, 6.07) is -0.490. The lowest BCUT2D eigenvalue weighted by molar-refractivity contribution is -0.139. The molecule has 0 rings (SSSR count). The summed E-state index contributed by atoms with van der Waals surface area (Å²) in [5.41, 5.74) is 0. The molecule has 11 heavy (non-hydrogen) atoms. The third kappa shape index (κ3) is 4.40. The molecule has 0 aromatic carbocycles. The molecule has 3 heteroatoms. The minimum Gasteiger partial charge on any atom is -0.480 e. The van der Waals surface area contributed by atoms with Crippen LogP contribution in [0.3, 0.4) is 0 Å². The standard InChI is InChI=1S/C8H13NO2/c1-3-5-7(8(10)11)9-6-4-2/h2,7,9H,3,5-6H2,1H3,(H,10,11). The zero-order valence-corrected chi connectivity index (χ0v) is 6.63. The van der Waals surface area contributed by atoms with E-state index < -0.39 is 12.0 Å². The van der Waals surface area contributed by atoms with Gasteiger partial charge >= 0.3 is 5.97 Å². The summed E-state index contributed by atoms with van der Waals surface area (Å²) >= 11 is 0. The lowest BCUT2D eigenvalue weighted by Crippen LogP contribution is -2.36. The van der Waals surface area contributed by atoms with Crippen LogP contribution in [0.5, 0.6) is 0 Å². The van der Waals surface area contributed by atoms with Crippen LogP contribution in [0.1, 0.15) is 19.8 Å². The van der Waals surface area contributed by atoms with Gasteiger partial charge in [0.25, 0.3) is 0 Å². The molecule has 1 atom stereocenters. The highest BCUT2D eigenvalue weighted by Gasteiger charge is 2.13. The fourth-order valence-electron chi connectivity index (χ4n) is 0.784. The van der Waals surface area contributed by atoms with Gasteiger partial charge < -0.3 is 5.11 Å². The lowest BCUT2D eigenvalue weighted by atomic mass is 10.2. The third-order valence-corrected chi connectivity index (χ3v) is 1.33. The zero-order chi connectivity index (χ0) is 8.69. The highest BCUT2D eigenvalue weighted by Crippen LogP contribution is 1.95. The van der Waals surface area contributed by atoms with Gasteiger partial charge in [0.2, 0.25) is 0 Å². The molecule has 0 fully saturated rings. The summed E-state index contributed by atoms with van der Waals surface area (Å²) in [7, 11) is 0. The van der Waals surface area contributed by atoms with Crippen LogP contribution in [0, 0.1) is 12.3 Å². The van der Waals surface area contributed by atoms with Crippen molar-refractivity contribution in [1.82, 2.24) is 5.32 Å². The fourth-order valence-corrected chi connectivity index (χ4v) is 0.784. The van der Waals surface area contributed by atoms with Gasteiger partial charge in [0.15, 0.2) is 0 Å². The number of rotatable bonds is 5. The molecule has 0 amide bonds. The summed E-state index contributed by atoms with van der Waals surface area (Å²) in [4.78, 5) is 10.5. The molecule has 0 aromatic heterocycles. The zero-order valence-electron chi connectivity index (χ0n) is 6.63. The molecule has 0 bridgehead atoms. The first-order valence-electron chi connectivity index (χ1n) is 3.62. The van der Waals surface area contributed by atoms with Gasteiger partial charge in [-0.05, 0) is 6.42 Å². The molecule has 1 unspecified atom stereocenters. The van der Waals surface area contributed by atoms with Crippen molar-refractivity contribution in [2.45, 2.75) is 25.8 Å². The topological polar surface area (TPSA) is 49.3 Å². The highest BCUT2D eigenvalue weighted by atomic mass is 16.4. The first-order valence-corrected chi connectivity index (χ1v) is 3.62. The minimum atomic E-state index is -0.831. The first-order chi connectivity index (χ1) is 5.22. The monoisotopic (exact) mass is 155 g/mol. The normalized spacial score (nSPS) is 12.0. The Kier molecular flexibility index (Phi) is 5.22. The quantitative estimate of drug-likeness (QED) is 0.567. The van der Waals surface area contributed by atoms with E-state index >= 15 is 0 Å². The summed E-state index contributed by atoms with van der Waals surface area (Å²) in [6.07, 6.45) is 6.43. The minimum absolute atomic E-state index is 0.316.